The van der Waals surface area contributed by atoms with E-state index in [4.69, 9.17) is 4.74 Å². The van der Waals surface area contributed by atoms with Gasteiger partial charge in [-0.05, 0) is 42.5 Å². The first-order chi connectivity index (χ1) is 15.9. The largest absolute Gasteiger partial charge is 0.489 e. The van der Waals surface area contributed by atoms with Crippen LogP contribution in [0.2, 0.25) is 0 Å². The number of anilines is 6. The number of nitrogens with zero attached hydrogens (tertiary/aromatic N) is 3. The van der Waals surface area contributed by atoms with Crippen LogP contribution in [0.3, 0.4) is 0 Å². The van der Waals surface area contributed by atoms with Crippen LogP contribution in [0.4, 0.5) is 38.9 Å². The molecule has 1 aliphatic heterocycles. The first-order valence-electron chi connectivity index (χ1n) is 9.91. The number of hydrogen-bond acceptors (Lipinski definition) is 7. The fourth-order valence-corrected chi connectivity index (χ4v) is 3.94. The molecular formula is C22H21FN6O3S. The molecule has 0 spiro atoms. The van der Waals surface area contributed by atoms with Crippen molar-refractivity contribution >= 4 is 51.4 Å². The van der Waals surface area contributed by atoms with Gasteiger partial charge in [-0.3, -0.25) is 9.10 Å². The van der Waals surface area contributed by atoms with Crippen LogP contribution in [0.15, 0.2) is 61.3 Å². The highest BCUT2D eigenvalue weighted by Gasteiger charge is 2.21. The summed E-state index contributed by atoms with van der Waals surface area (Å²) in [6, 6.07) is 12.1. The highest BCUT2D eigenvalue weighted by Crippen LogP contribution is 2.35. The first kappa shape index (κ1) is 22.2. The number of carbonyl (C=O) groups excluding carboxylic acids is 1. The lowest BCUT2D eigenvalue weighted by atomic mass is 10.2. The van der Waals surface area contributed by atoms with E-state index in [1.807, 2.05) is 0 Å². The molecule has 11 heteroatoms. The zero-order valence-electron chi connectivity index (χ0n) is 17.7. The van der Waals surface area contributed by atoms with Crippen LogP contribution < -0.4 is 25.0 Å². The van der Waals surface area contributed by atoms with Gasteiger partial charge in [-0.25, -0.2) is 13.6 Å². The van der Waals surface area contributed by atoms with Crippen molar-refractivity contribution in [2.45, 2.75) is 0 Å². The van der Waals surface area contributed by atoms with Crippen LogP contribution >= 0.6 is 0 Å². The van der Waals surface area contributed by atoms with Crippen molar-refractivity contribution in [3.63, 3.8) is 0 Å². The predicted octanol–water partition coefficient (Wildman–Crippen LogP) is 3.72. The molecule has 170 valence electrons. The quantitative estimate of drug-likeness (QED) is 0.454. The van der Waals surface area contributed by atoms with Gasteiger partial charge in [-0.2, -0.15) is 4.98 Å². The molecule has 1 aromatic heterocycles. The number of amides is 1. The zero-order chi connectivity index (χ0) is 23.4. The number of nitrogens with one attached hydrogen (secondary N) is 3. The molecule has 0 saturated carbocycles. The third-order valence-corrected chi connectivity index (χ3v) is 5.67. The van der Waals surface area contributed by atoms with Crippen LogP contribution in [0.1, 0.15) is 0 Å². The van der Waals surface area contributed by atoms with Gasteiger partial charge in [0.2, 0.25) is 11.9 Å². The van der Waals surface area contributed by atoms with Gasteiger partial charge >= 0.3 is 0 Å². The van der Waals surface area contributed by atoms with Crippen LogP contribution in [-0.2, 0) is 15.8 Å². The normalized spacial score (nSPS) is 13.3. The van der Waals surface area contributed by atoms with Crippen molar-refractivity contribution in [3.8, 4) is 5.75 Å². The van der Waals surface area contributed by atoms with Gasteiger partial charge in [-0.15, -0.1) is 0 Å². The maximum atomic E-state index is 14.4. The Morgan fingerprint density at radius 1 is 1.21 bits per heavy atom. The summed E-state index contributed by atoms with van der Waals surface area (Å²) < 4.78 is 33.8. The van der Waals surface area contributed by atoms with Crippen molar-refractivity contribution in [2.75, 3.05) is 39.7 Å². The average Bonchev–Trinajstić information content (AvgIpc) is 2.81. The molecule has 0 fully saturated rings. The lowest BCUT2D eigenvalue weighted by molar-refractivity contribution is -0.111. The maximum Gasteiger partial charge on any atom is 0.247 e. The van der Waals surface area contributed by atoms with E-state index in [0.717, 1.165) is 12.3 Å². The van der Waals surface area contributed by atoms with Crippen LogP contribution in [0, 0.1) is 5.82 Å². The van der Waals surface area contributed by atoms with Gasteiger partial charge in [0.25, 0.3) is 0 Å². The summed E-state index contributed by atoms with van der Waals surface area (Å²) >= 11 is 0. The number of halogens is 1. The minimum Gasteiger partial charge on any atom is -0.489 e. The molecule has 0 saturated heterocycles. The van der Waals surface area contributed by atoms with Crippen molar-refractivity contribution in [1.29, 1.82) is 0 Å². The minimum absolute atomic E-state index is 0.0442. The Morgan fingerprint density at radius 3 is 2.79 bits per heavy atom. The highest BCUT2D eigenvalue weighted by atomic mass is 32.2. The molecule has 1 unspecified atom stereocenters. The Kier molecular flexibility index (Phi) is 6.50. The van der Waals surface area contributed by atoms with Crippen molar-refractivity contribution < 1.29 is 18.1 Å². The zero-order valence-corrected chi connectivity index (χ0v) is 18.5. The molecule has 4 rings (SSSR count). The van der Waals surface area contributed by atoms with Crippen molar-refractivity contribution in [1.82, 2.24) is 9.97 Å². The average molecular weight is 469 g/mol. The minimum atomic E-state index is -1.20. The van der Waals surface area contributed by atoms with E-state index in [0.29, 0.717) is 41.7 Å². The molecule has 2 heterocycles. The second-order valence-corrected chi connectivity index (χ2v) is 8.26. The SMILES string of the molecule is C=CC(=O)Nc1cccc(Nc2nc(Nc3ccc4c(c3)N(S(C)=O)CCO4)ncc2F)c1. The van der Waals surface area contributed by atoms with Crippen LogP contribution in [0.25, 0.3) is 0 Å². The number of fused-ring (bicyclic) bond motifs is 1. The van der Waals surface area contributed by atoms with Gasteiger partial charge in [0.1, 0.15) is 23.3 Å². The summed E-state index contributed by atoms with van der Waals surface area (Å²) in [5.41, 5.74) is 2.35. The van der Waals surface area contributed by atoms with E-state index in [2.05, 4.69) is 32.5 Å². The number of aromatic nitrogens is 2. The Bertz CT molecular complexity index is 1240. The maximum absolute atomic E-state index is 14.4. The summed E-state index contributed by atoms with van der Waals surface area (Å²) in [7, 11) is -1.20. The topological polar surface area (TPSA) is 108 Å². The van der Waals surface area contributed by atoms with E-state index in [9.17, 15) is 13.4 Å². The van der Waals surface area contributed by atoms with E-state index < -0.39 is 16.8 Å². The van der Waals surface area contributed by atoms with Crippen LogP contribution in [0.5, 0.6) is 5.75 Å². The number of hydrogen-bond donors (Lipinski definition) is 3. The third kappa shape index (κ3) is 5.26. The number of benzene rings is 2. The Morgan fingerprint density at radius 2 is 2.00 bits per heavy atom. The van der Waals surface area contributed by atoms with Gasteiger partial charge in [-0.1, -0.05) is 12.6 Å². The van der Waals surface area contributed by atoms with E-state index in [-0.39, 0.29) is 17.7 Å². The first-order valence-corrected chi connectivity index (χ1v) is 11.4. The second kappa shape index (κ2) is 9.65. The van der Waals surface area contributed by atoms with Gasteiger partial charge in [0.15, 0.2) is 11.6 Å². The standard InChI is InChI=1S/C22H21FN6O3S/c1-3-20(30)25-14-5-4-6-15(11-14)26-21-17(23)13-24-22(28-21)27-16-7-8-19-18(12-16)29(33(2)31)9-10-32-19/h3-8,11-13H,1,9-10H2,2H3,(H,25,30)(H2,24,26,27,28). The van der Waals surface area contributed by atoms with E-state index >= 15 is 0 Å². The Balaban J connectivity index is 1.54. The molecule has 9 nitrogen and oxygen atoms in total. The monoisotopic (exact) mass is 468 g/mol. The predicted molar refractivity (Wildman–Crippen MR) is 127 cm³/mol. The molecule has 0 aliphatic carbocycles. The second-order valence-electron chi connectivity index (χ2n) is 6.97. The molecule has 1 aliphatic rings. The van der Waals surface area contributed by atoms with Gasteiger partial charge in [0.05, 0.1) is 18.4 Å². The lowest BCUT2D eigenvalue weighted by Gasteiger charge is -2.29. The molecule has 1 amide bonds. The highest BCUT2D eigenvalue weighted by molar-refractivity contribution is 7.85. The third-order valence-electron chi connectivity index (χ3n) is 4.67. The van der Waals surface area contributed by atoms with E-state index in [1.54, 1.807) is 53.0 Å². The molecular weight excluding hydrogens is 447 g/mol. The van der Waals surface area contributed by atoms with Crippen LogP contribution in [-0.4, -0.2) is 39.5 Å². The van der Waals surface area contributed by atoms with Crippen molar-refractivity contribution in [2.24, 2.45) is 0 Å². The number of ether oxygens (including phenoxy) is 1. The molecule has 0 radical (unpaired) electrons. The molecule has 2 aromatic carbocycles. The molecule has 3 N–H and O–H groups in total. The summed E-state index contributed by atoms with van der Waals surface area (Å²) in [4.78, 5) is 19.7. The Hall–Kier alpha value is -3.99. The summed E-state index contributed by atoms with van der Waals surface area (Å²) in [6.45, 7) is 4.37. The molecule has 33 heavy (non-hydrogen) atoms. The van der Waals surface area contributed by atoms with Gasteiger partial charge < -0.3 is 20.7 Å². The van der Waals surface area contributed by atoms with E-state index in [1.165, 1.54) is 0 Å². The number of rotatable bonds is 7. The lowest BCUT2D eigenvalue weighted by Crippen LogP contribution is -2.33. The molecule has 3 aromatic rings. The fourth-order valence-electron chi connectivity index (χ4n) is 3.19. The smallest absolute Gasteiger partial charge is 0.247 e. The summed E-state index contributed by atoms with van der Waals surface area (Å²) in [5, 5.41) is 8.57. The molecule has 0 bridgehead atoms. The molecule has 1 atom stereocenters. The Labute approximate surface area is 192 Å². The van der Waals surface area contributed by atoms with Gasteiger partial charge in [0, 0.05) is 23.3 Å². The fraction of sp³-hybridized carbons (Fsp3) is 0.136. The summed E-state index contributed by atoms with van der Waals surface area (Å²) in [6.07, 6.45) is 3.82. The summed E-state index contributed by atoms with van der Waals surface area (Å²) in [5.74, 6) is -0.249. The van der Waals surface area contributed by atoms with Crippen molar-refractivity contribution in [3.05, 3.63) is 67.1 Å². The number of carbonyl (C=O) groups is 1.